The molecule has 1 heterocycles. The quantitative estimate of drug-likeness (QED) is 0.693. The van der Waals surface area contributed by atoms with Gasteiger partial charge in [0.2, 0.25) is 0 Å². The number of carbonyl (C=O) groups is 2. The first kappa shape index (κ1) is 11.0. The van der Waals surface area contributed by atoms with Crippen LogP contribution >= 0.6 is 0 Å². The monoisotopic (exact) mass is 198 g/mol. The van der Waals surface area contributed by atoms with Crippen molar-refractivity contribution in [3.8, 4) is 0 Å². The Morgan fingerprint density at radius 3 is 2.21 bits per heavy atom. The highest BCUT2D eigenvalue weighted by Gasteiger charge is 2.39. The molecule has 1 fully saturated rings. The molecule has 4 nitrogen and oxygen atoms in total. The molecular formula is C10H18N2O2. The van der Waals surface area contributed by atoms with E-state index < -0.39 is 0 Å². The maximum absolute atomic E-state index is 11.7. The van der Waals surface area contributed by atoms with Crippen LogP contribution in [-0.4, -0.2) is 29.4 Å². The van der Waals surface area contributed by atoms with Crippen molar-refractivity contribution in [2.75, 3.05) is 6.54 Å². The van der Waals surface area contributed by atoms with Crippen molar-refractivity contribution in [2.45, 2.75) is 33.7 Å². The van der Waals surface area contributed by atoms with Crippen molar-refractivity contribution >= 4 is 11.9 Å². The molecule has 1 N–H and O–H groups in total. The smallest absolute Gasteiger partial charge is 0.324 e. The van der Waals surface area contributed by atoms with E-state index in [1.807, 2.05) is 27.7 Å². The lowest BCUT2D eigenvalue weighted by Gasteiger charge is -2.16. The normalized spacial score (nSPS) is 22.4. The van der Waals surface area contributed by atoms with Crippen LogP contribution in [0.3, 0.4) is 0 Å². The Hall–Kier alpha value is -1.06. The average molecular weight is 198 g/mol. The number of hydrogen-bond donors (Lipinski definition) is 1. The molecule has 1 aliphatic rings. The Morgan fingerprint density at radius 1 is 1.29 bits per heavy atom. The fourth-order valence-electron chi connectivity index (χ4n) is 1.53. The molecular weight excluding hydrogens is 180 g/mol. The first-order valence-electron chi connectivity index (χ1n) is 5.05. The van der Waals surface area contributed by atoms with Crippen LogP contribution in [0.4, 0.5) is 4.79 Å². The van der Waals surface area contributed by atoms with E-state index in [2.05, 4.69) is 5.32 Å². The molecule has 0 saturated carbocycles. The molecule has 0 aromatic heterocycles. The Labute approximate surface area is 84.7 Å². The molecule has 4 heteroatoms. The molecule has 1 saturated heterocycles. The van der Waals surface area contributed by atoms with E-state index in [1.54, 1.807) is 0 Å². The lowest BCUT2D eigenvalue weighted by atomic mass is 10.0. The zero-order valence-electron chi connectivity index (χ0n) is 9.20. The molecule has 14 heavy (non-hydrogen) atoms. The predicted molar refractivity (Wildman–Crippen MR) is 53.7 cm³/mol. The van der Waals surface area contributed by atoms with Gasteiger partial charge in [-0.15, -0.1) is 0 Å². The Bertz CT molecular complexity index is 249. The lowest BCUT2D eigenvalue weighted by Crippen LogP contribution is -2.36. The van der Waals surface area contributed by atoms with Crippen LogP contribution in [0.25, 0.3) is 0 Å². The minimum Gasteiger partial charge on any atom is -0.326 e. The van der Waals surface area contributed by atoms with Crippen molar-refractivity contribution in [1.29, 1.82) is 0 Å². The van der Waals surface area contributed by atoms with Gasteiger partial charge >= 0.3 is 6.03 Å². The summed E-state index contributed by atoms with van der Waals surface area (Å²) < 4.78 is 0. The van der Waals surface area contributed by atoms with Crippen molar-refractivity contribution < 1.29 is 9.59 Å². The fourth-order valence-corrected chi connectivity index (χ4v) is 1.53. The highest BCUT2D eigenvalue weighted by molar-refractivity contribution is 6.04. The van der Waals surface area contributed by atoms with Crippen LogP contribution in [0.2, 0.25) is 0 Å². The number of hydrogen-bond acceptors (Lipinski definition) is 2. The van der Waals surface area contributed by atoms with E-state index in [9.17, 15) is 9.59 Å². The van der Waals surface area contributed by atoms with Gasteiger partial charge in [-0.3, -0.25) is 9.69 Å². The lowest BCUT2D eigenvalue weighted by molar-refractivity contribution is -0.128. The molecule has 0 bridgehead atoms. The maximum Gasteiger partial charge on any atom is 0.324 e. The number of nitrogens with one attached hydrogen (secondary N) is 1. The van der Waals surface area contributed by atoms with Crippen molar-refractivity contribution in [3.63, 3.8) is 0 Å². The van der Waals surface area contributed by atoms with Crippen molar-refractivity contribution in [1.82, 2.24) is 10.2 Å². The highest BCUT2D eigenvalue weighted by atomic mass is 16.2. The highest BCUT2D eigenvalue weighted by Crippen LogP contribution is 2.14. The topological polar surface area (TPSA) is 49.4 Å². The SMILES string of the molecule is CC(C)CN1C(=O)NC(C(C)C)C1=O. The first-order chi connectivity index (χ1) is 6.43. The first-order valence-corrected chi connectivity index (χ1v) is 5.05. The Balaban J connectivity index is 2.70. The summed E-state index contributed by atoms with van der Waals surface area (Å²) >= 11 is 0. The molecule has 80 valence electrons. The van der Waals surface area contributed by atoms with Gasteiger partial charge in [-0.05, 0) is 11.8 Å². The van der Waals surface area contributed by atoms with E-state index in [4.69, 9.17) is 0 Å². The number of nitrogens with zero attached hydrogens (tertiary/aromatic N) is 1. The summed E-state index contributed by atoms with van der Waals surface area (Å²) in [5, 5.41) is 2.70. The van der Waals surface area contributed by atoms with Crippen LogP contribution < -0.4 is 5.32 Å². The van der Waals surface area contributed by atoms with Crippen LogP contribution in [0.15, 0.2) is 0 Å². The third-order valence-corrected chi connectivity index (χ3v) is 2.27. The second kappa shape index (κ2) is 3.98. The minimum atomic E-state index is -0.332. The summed E-state index contributed by atoms with van der Waals surface area (Å²) in [6.45, 7) is 8.35. The van der Waals surface area contributed by atoms with Gasteiger partial charge in [0.15, 0.2) is 0 Å². The molecule has 1 atom stereocenters. The average Bonchev–Trinajstić information content (AvgIpc) is 2.31. The van der Waals surface area contributed by atoms with Crippen molar-refractivity contribution in [2.24, 2.45) is 11.8 Å². The third kappa shape index (κ3) is 2.05. The molecule has 0 radical (unpaired) electrons. The molecule has 3 amide bonds. The molecule has 0 aromatic carbocycles. The number of carbonyl (C=O) groups excluding carboxylic acids is 2. The summed E-state index contributed by atoms with van der Waals surface area (Å²) in [6, 6.07) is -0.580. The zero-order chi connectivity index (χ0) is 10.9. The molecule has 1 unspecified atom stereocenters. The Morgan fingerprint density at radius 2 is 1.86 bits per heavy atom. The van der Waals surface area contributed by atoms with Gasteiger partial charge in [0.25, 0.3) is 5.91 Å². The van der Waals surface area contributed by atoms with Gasteiger partial charge in [0.05, 0.1) is 0 Å². The van der Waals surface area contributed by atoms with Gasteiger partial charge < -0.3 is 5.32 Å². The largest absolute Gasteiger partial charge is 0.326 e. The molecule has 1 aliphatic heterocycles. The van der Waals surface area contributed by atoms with E-state index in [0.717, 1.165) is 0 Å². The van der Waals surface area contributed by atoms with Crippen LogP contribution in [0.5, 0.6) is 0 Å². The van der Waals surface area contributed by atoms with Gasteiger partial charge in [0.1, 0.15) is 6.04 Å². The second-order valence-corrected chi connectivity index (χ2v) is 4.51. The van der Waals surface area contributed by atoms with E-state index >= 15 is 0 Å². The second-order valence-electron chi connectivity index (χ2n) is 4.51. The zero-order valence-corrected chi connectivity index (χ0v) is 9.20. The van der Waals surface area contributed by atoms with E-state index in [-0.39, 0.29) is 23.9 Å². The number of rotatable bonds is 3. The van der Waals surface area contributed by atoms with E-state index in [1.165, 1.54) is 4.90 Å². The summed E-state index contributed by atoms with van der Waals surface area (Å²) in [7, 11) is 0. The standard InChI is InChI=1S/C10H18N2O2/c1-6(2)5-12-9(13)8(7(3)4)11-10(12)14/h6-8H,5H2,1-4H3,(H,11,14). The molecule has 1 rings (SSSR count). The predicted octanol–water partition coefficient (Wildman–Crippen LogP) is 1.22. The Kier molecular flexibility index (Phi) is 3.13. The summed E-state index contributed by atoms with van der Waals surface area (Å²) in [4.78, 5) is 24.5. The van der Waals surface area contributed by atoms with Gasteiger partial charge in [-0.25, -0.2) is 4.79 Å². The minimum absolute atomic E-state index is 0.0845. The third-order valence-electron chi connectivity index (χ3n) is 2.27. The van der Waals surface area contributed by atoms with Gasteiger partial charge in [-0.2, -0.15) is 0 Å². The fraction of sp³-hybridized carbons (Fsp3) is 0.800. The summed E-state index contributed by atoms with van der Waals surface area (Å²) in [5.74, 6) is 0.387. The maximum atomic E-state index is 11.7. The van der Waals surface area contributed by atoms with Crippen LogP contribution in [0, 0.1) is 11.8 Å². The van der Waals surface area contributed by atoms with Gasteiger partial charge in [-0.1, -0.05) is 27.7 Å². The van der Waals surface area contributed by atoms with Crippen LogP contribution in [-0.2, 0) is 4.79 Å². The summed E-state index contributed by atoms with van der Waals surface area (Å²) in [5.41, 5.74) is 0. The molecule has 0 spiro atoms. The number of urea groups is 1. The van der Waals surface area contributed by atoms with Crippen molar-refractivity contribution in [3.05, 3.63) is 0 Å². The molecule has 0 aliphatic carbocycles. The molecule has 0 aromatic rings. The number of amides is 3. The van der Waals surface area contributed by atoms with E-state index in [0.29, 0.717) is 12.5 Å². The number of imide groups is 1. The summed E-state index contributed by atoms with van der Waals surface area (Å²) in [6.07, 6.45) is 0. The van der Waals surface area contributed by atoms with Crippen LogP contribution in [0.1, 0.15) is 27.7 Å². The van der Waals surface area contributed by atoms with Gasteiger partial charge in [0, 0.05) is 6.54 Å².